The van der Waals surface area contributed by atoms with E-state index < -0.39 is 0 Å². The number of anilines is 1. The SMILES string of the molecule is Cc1cc2ncn(C(=O)[C@@H]3CC(=O)N(c4ccccc4C)C3)c2cc1C. The molecule has 3 aromatic rings. The number of para-hydroxylation sites is 1. The second kappa shape index (κ2) is 6.09. The fraction of sp³-hybridized carbons (Fsp3) is 0.286. The predicted octanol–water partition coefficient (Wildman–Crippen LogP) is 3.65. The highest BCUT2D eigenvalue weighted by molar-refractivity contribution is 6.02. The Kier molecular flexibility index (Phi) is 3.87. The van der Waals surface area contributed by atoms with Gasteiger partial charge in [0.1, 0.15) is 6.33 Å². The molecule has 4 rings (SSSR count). The quantitative estimate of drug-likeness (QED) is 0.711. The van der Waals surface area contributed by atoms with E-state index in [0.29, 0.717) is 6.54 Å². The molecule has 5 nitrogen and oxygen atoms in total. The highest BCUT2D eigenvalue weighted by Gasteiger charge is 2.36. The summed E-state index contributed by atoms with van der Waals surface area (Å²) in [5.41, 5.74) is 5.80. The fourth-order valence-corrected chi connectivity index (χ4v) is 3.61. The minimum atomic E-state index is -0.360. The molecular weight excluding hydrogens is 326 g/mol. The molecule has 26 heavy (non-hydrogen) atoms. The standard InChI is InChI=1S/C21H21N3O2/c1-13-6-4-5-7-18(13)23-11-16(10-20(23)25)21(26)24-12-22-17-8-14(2)15(3)9-19(17)24/h4-9,12,16H,10-11H2,1-3H3/t16-/m1/s1. The number of fused-ring (bicyclic) bond motifs is 1. The molecule has 0 N–H and O–H groups in total. The van der Waals surface area contributed by atoms with Gasteiger partial charge in [-0.15, -0.1) is 0 Å². The maximum atomic E-state index is 13.1. The zero-order valence-electron chi connectivity index (χ0n) is 15.2. The summed E-state index contributed by atoms with van der Waals surface area (Å²) in [6.07, 6.45) is 1.81. The molecule has 132 valence electrons. The van der Waals surface area contributed by atoms with Crippen LogP contribution in [0.2, 0.25) is 0 Å². The van der Waals surface area contributed by atoms with E-state index in [1.165, 1.54) is 0 Å². The smallest absolute Gasteiger partial charge is 0.237 e. The topological polar surface area (TPSA) is 55.2 Å². The Morgan fingerprint density at radius 3 is 2.58 bits per heavy atom. The number of rotatable bonds is 2. The first-order chi connectivity index (χ1) is 12.5. The average molecular weight is 347 g/mol. The van der Waals surface area contributed by atoms with Crippen LogP contribution in [0.25, 0.3) is 11.0 Å². The lowest BCUT2D eigenvalue weighted by Gasteiger charge is -2.19. The maximum absolute atomic E-state index is 13.1. The van der Waals surface area contributed by atoms with Crippen molar-refractivity contribution in [2.45, 2.75) is 27.2 Å². The van der Waals surface area contributed by atoms with Gasteiger partial charge in [0.2, 0.25) is 11.8 Å². The van der Waals surface area contributed by atoms with E-state index in [9.17, 15) is 9.59 Å². The van der Waals surface area contributed by atoms with Crippen molar-refractivity contribution in [3.63, 3.8) is 0 Å². The molecule has 2 aromatic carbocycles. The first-order valence-electron chi connectivity index (χ1n) is 8.80. The van der Waals surface area contributed by atoms with Gasteiger partial charge in [0, 0.05) is 18.7 Å². The summed E-state index contributed by atoms with van der Waals surface area (Å²) in [5.74, 6) is -0.435. The minimum absolute atomic E-state index is 0.00547. The van der Waals surface area contributed by atoms with Gasteiger partial charge < -0.3 is 4.90 Å². The number of benzene rings is 2. The molecule has 0 aliphatic carbocycles. The van der Waals surface area contributed by atoms with Crippen molar-refractivity contribution in [2.24, 2.45) is 5.92 Å². The molecule has 1 aromatic heterocycles. The largest absolute Gasteiger partial charge is 0.311 e. The Morgan fingerprint density at radius 2 is 1.81 bits per heavy atom. The maximum Gasteiger partial charge on any atom is 0.237 e. The molecule has 1 aliphatic rings. The number of aryl methyl sites for hydroxylation is 3. The van der Waals surface area contributed by atoms with E-state index in [1.807, 2.05) is 57.2 Å². The van der Waals surface area contributed by atoms with Crippen molar-refractivity contribution in [1.29, 1.82) is 0 Å². The Morgan fingerprint density at radius 1 is 1.08 bits per heavy atom. The monoisotopic (exact) mass is 347 g/mol. The molecule has 0 spiro atoms. The molecule has 1 fully saturated rings. The molecule has 1 atom stereocenters. The van der Waals surface area contributed by atoms with Crippen LogP contribution >= 0.6 is 0 Å². The molecule has 1 saturated heterocycles. The van der Waals surface area contributed by atoms with E-state index in [4.69, 9.17) is 0 Å². The van der Waals surface area contributed by atoms with Crippen LogP contribution in [0.3, 0.4) is 0 Å². The van der Waals surface area contributed by atoms with Gasteiger partial charge in [-0.1, -0.05) is 18.2 Å². The van der Waals surface area contributed by atoms with Crippen LogP contribution in [0.5, 0.6) is 0 Å². The van der Waals surface area contributed by atoms with E-state index in [2.05, 4.69) is 4.98 Å². The van der Waals surface area contributed by atoms with Gasteiger partial charge in [0.25, 0.3) is 0 Å². The van der Waals surface area contributed by atoms with Gasteiger partial charge in [-0.05, 0) is 55.7 Å². The van der Waals surface area contributed by atoms with Crippen molar-refractivity contribution in [1.82, 2.24) is 9.55 Å². The molecule has 0 saturated carbocycles. The van der Waals surface area contributed by atoms with Crippen LogP contribution in [0.4, 0.5) is 5.69 Å². The molecule has 1 aliphatic heterocycles. The zero-order chi connectivity index (χ0) is 18.4. The number of imidazole rings is 1. The number of carbonyl (C=O) groups excluding carboxylic acids is 2. The summed E-state index contributed by atoms with van der Waals surface area (Å²) in [6.45, 7) is 6.44. The number of aromatic nitrogens is 2. The Balaban J connectivity index is 1.65. The first kappa shape index (κ1) is 16.5. The summed E-state index contributed by atoms with van der Waals surface area (Å²) in [6, 6.07) is 11.8. The molecule has 0 bridgehead atoms. The van der Waals surface area contributed by atoms with Crippen LogP contribution in [0, 0.1) is 26.7 Å². The van der Waals surface area contributed by atoms with Gasteiger partial charge in [-0.3, -0.25) is 14.2 Å². The van der Waals surface area contributed by atoms with Crippen LogP contribution in [0.15, 0.2) is 42.7 Å². The Hall–Kier alpha value is -2.95. The Labute approximate surface area is 152 Å². The lowest BCUT2D eigenvalue weighted by molar-refractivity contribution is -0.117. The molecular formula is C21H21N3O2. The van der Waals surface area contributed by atoms with Crippen molar-refractivity contribution < 1.29 is 9.59 Å². The predicted molar refractivity (Wildman–Crippen MR) is 101 cm³/mol. The van der Waals surface area contributed by atoms with Crippen LogP contribution < -0.4 is 4.90 Å². The number of amides is 1. The van der Waals surface area contributed by atoms with Crippen molar-refractivity contribution in [3.05, 3.63) is 59.4 Å². The molecule has 0 unspecified atom stereocenters. The average Bonchev–Trinajstić information content (AvgIpc) is 3.19. The highest BCUT2D eigenvalue weighted by atomic mass is 16.2. The van der Waals surface area contributed by atoms with Crippen molar-refractivity contribution >= 4 is 28.5 Å². The Bertz CT molecular complexity index is 1030. The number of hydrogen-bond acceptors (Lipinski definition) is 3. The van der Waals surface area contributed by atoms with E-state index in [0.717, 1.165) is 33.4 Å². The normalized spacial score (nSPS) is 17.3. The summed E-state index contributed by atoms with van der Waals surface area (Å²) < 4.78 is 1.60. The van der Waals surface area contributed by atoms with Gasteiger partial charge in [0.15, 0.2) is 0 Å². The third kappa shape index (κ3) is 2.60. The van der Waals surface area contributed by atoms with Gasteiger partial charge in [0.05, 0.1) is 17.0 Å². The molecule has 1 amide bonds. The van der Waals surface area contributed by atoms with Crippen molar-refractivity contribution in [2.75, 3.05) is 11.4 Å². The van der Waals surface area contributed by atoms with Crippen molar-refractivity contribution in [3.8, 4) is 0 Å². The summed E-state index contributed by atoms with van der Waals surface area (Å²) in [7, 11) is 0. The summed E-state index contributed by atoms with van der Waals surface area (Å²) in [5, 5.41) is 0. The lowest BCUT2D eigenvalue weighted by Crippen LogP contribution is -2.28. The highest BCUT2D eigenvalue weighted by Crippen LogP contribution is 2.29. The fourth-order valence-electron chi connectivity index (χ4n) is 3.61. The molecule has 0 radical (unpaired) electrons. The number of hydrogen-bond donors (Lipinski definition) is 0. The molecule has 5 heteroatoms. The van der Waals surface area contributed by atoms with E-state index in [-0.39, 0.29) is 24.2 Å². The van der Waals surface area contributed by atoms with Crippen LogP contribution in [-0.4, -0.2) is 27.9 Å². The van der Waals surface area contributed by atoms with Gasteiger partial charge >= 0.3 is 0 Å². The lowest BCUT2D eigenvalue weighted by atomic mass is 10.1. The van der Waals surface area contributed by atoms with E-state index in [1.54, 1.807) is 15.8 Å². The second-order valence-corrected chi connectivity index (χ2v) is 7.07. The molecule has 2 heterocycles. The third-order valence-electron chi connectivity index (χ3n) is 5.28. The number of nitrogens with zero attached hydrogens (tertiary/aromatic N) is 3. The zero-order valence-corrected chi connectivity index (χ0v) is 15.2. The third-order valence-corrected chi connectivity index (χ3v) is 5.28. The van der Waals surface area contributed by atoms with Gasteiger partial charge in [-0.2, -0.15) is 0 Å². The van der Waals surface area contributed by atoms with Crippen LogP contribution in [0.1, 0.15) is 27.9 Å². The van der Waals surface area contributed by atoms with Crippen LogP contribution in [-0.2, 0) is 4.79 Å². The summed E-state index contributed by atoms with van der Waals surface area (Å²) >= 11 is 0. The first-order valence-corrected chi connectivity index (χ1v) is 8.80. The van der Waals surface area contributed by atoms with Gasteiger partial charge in [-0.25, -0.2) is 4.98 Å². The summed E-state index contributed by atoms with van der Waals surface area (Å²) in [4.78, 5) is 31.7. The second-order valence-electron chi connectivity index (χ2n) is 7.07. The van der Waals surface area contributed by atoms with E-state index >= 15 is 0 Å². The minimum Gasteiger partial charge on any atom is -0.311 e. The number of carbonyl (C=O) groups is 2.